The second-order valence-corrected chi connectivity index (χ2v) is 5.00. The number of carbonyl (C=O) groups excluding carboxylic acids is 1. The van der Waals surface area contributed by atoms with Crippen molar-refractivity contribution in [3.63, 3.8) is 0 Å². The van der Waals surface area contributed by atoms with Gasteiger partial charge in [-0.25, -0.2) is 0 Å². The van der Waals surface area contributed by atoms with Crippen LogP contribution in [0, 0.1) is 11.3 Å². The van der Waals surface area contributed by atoms with Gasteiger partial charge in [0.15, 0.2) is 0 Å². The molecule has 0 spiro atoms. The molecule has 0 aromatic heterocycles. The van der Waals surface area contributed by atoms with E-state index in [-0.39, 0.29) is 11.9 Å². The Labute approximate surface area is 116 Å². The highest BCUT2D eigenvalue weighted by Gasteiger charge is 2.26. The Balaban J connectivity index is 2.54. The van der Waals surface area contributed by atoms with Gasteiger partial charge in [-0.3, -0.25) is 9.69 Å². The van der Waals surface area contributed by atoms with Gasteiger partial charge in [-0.2, -0.15) is 5.26 Å². The predicted molar refractivity (Wildman–Crippen MR) is 73.6 cm³/mol. The average Bonchev–Trinajstić information content (AvgIpc) is 2.47. The van der Waals surface area contributed by atoms with Crippen molar-refractivity contribution in [2.45, 2.75) is 38.6 Å². The fourth-order valence-corrected chi connectivity index (χ4v) is 2.44. The lowest BCUT2D eigenvalue weighted by Gasteiger charge is -2.34. The van der Waals surface area contributed by atoms with Crippen molar-refractivity contribution >= 4 is 5.91 Å². The van der Waals surface area contributed by atoms with Crippen molar-refractivity contribution in [1.29, 1.82) is 5.26 Å². The average molecular weight is 267 g/mol. The van der Waals surface area contributed by atoms with Crippen molar-refractivity contribution in [3.8, 4) is 6.07 Å². The molecule has 108 valence electrons. The van der Waals surface area contributed by atoms with Crippen molar-refractivity contribution in [3.05, 3.63) is 0 Å². The Bertz CT molecular complexity index is 308. The van der Waals surface area contributed by atoms with Gasteiger partial charge in [0.2, 0.25) is 5.91 Å². The third-order valence-electron chi connectivity index (χ3n) is 3.67. The molecule has 5 heteroatoms. The number of piperidine rings is 1. The molecular weight excluding hydrogens is 242 g/mol. The van der Waals surface area contributed by atoms with Crippen LogP contribution in [-0.2, 0) is 9.53 Å². The van der Waals surface area contributed by atoms with Gasteiger partial charge < -0.3 is 9.64 Å². The summed E-state index contributed by atoms with van der Waals surface area (Å²) >= 11 is 0. The lowest BCUT2D eigenvalue weighted by Crippen LogP contribution is -2.49. The van der Waals surface area contributed by atoms with Gasteiger partial charge >= 0.3 is 0 Å². The van der Waals surface area contributed by atoms with Gasteiger partial charge in [0.1, 0.15) is 0 Å². The summed E-state index contributed by atoms with van der Waals surface area (Å²) in [7, 11) is 1.65. The molecule has 19 heavy (non-hydrogen) atoms. The minimum absolute atomic E-state index is 0.165. The van der Waals surface area contributed by atoms with Crippen LogP contribution in [-0.4, -0.2) is 61.6 Å². The summed E-state index contributed by atoms with van der Waals surface area (Å²) in [4.78, 5) is 16.4. The first-order valence-electron chi connectivity index (χ1n) is 7.09. The molecule has 1 atom stereocenters. The number of amides is 1. The molecule has 1 rings (SSSR count). The van der Waals surface area contributed by atoms with Crippen molar-refractivity contribution in [1.82, 2.24) is 9.80 Å². The molecule has 1 amide bonds. The fourth-order valence-electron chi connectivity index (χ4n) is 2.44. The summed E-state index contributed by atoms with van der Waals surface area (Å²) in [5.41, 5.74) is 0. The summed E-state index contributed by atoms with van der Waals surface area (Å²) in [6.07, 6.45) is 3.88. The van der Waals surface area contributed by atoms with E-state index in [2.05, 4.69) is 6.07 Å². The topological polar surface area (TPSA) is 56.6 Å². The molecule has 0 N–H and O–H groups in total. The maximum Gasteiger partial charge on any atom is 0.239 e. The molecule has 1 saturated heterocycles. The molecule has 0 saturated carbocycles. The summed E-state index contributed by atoms with van der Waals surface area (Å²) in [5, 5.41) is 8.71. The van der Waals surface area contributed by atoms with Crippen LogP contribution in [0.2, 0.25) is 0 Å². The number of hydrogen-bond acceptors (Lipinski definition) is 4. The van der Waals surface area contributed by atoms with Gasteiger partial charge in [-0.1, -0.05) is 0 Å². The number of methoxy groups -OCH3 is 1. The molecule has 1 aliphatic rings. The Kier molecular flexibility index (Phi) is 7.46. The maximum absolute atomic E-state index is 12.4. The van der Waals surface area contributed by atoms with Crippen LogP contribution in [0.5, 0.6) is 0 Å². The van der Waals surface area contributed by atoms with Gasteiger partial charge in [0.05, 0.1) is 18.7 Å². The smallest absolute Gasteiger partial charge is 0.239 e. The summed E-state index contributed by atoms with van der Waals surface area (Å²) in [6, 6.07) is 1.98. The number of nitriles is 1. The van der Waals surface area contributed by atoms with Crippen LogP contribution in [0.3, 0.4) is 0 Å². The quantitative estimate of drug-likeness (QED) is 0.696. The predicted octanol–water partition coefficient (Wildman–Crippen LogP) is 1.25. The highest BCUT2D eigenvalue weighted by molar-refractivity contribution is 5.81. The lowest BCUT2D eigenvalue weighted by atomic mass is 10.1. The Morgan fingerprint density at radius 3 is 2.63 bits per heavy atom. The van der Waals surface area contributed by atoms with E-state index in [0.717, 1.165) is 25.9 Å². The van der Waals surface area contributed by atoms with Crippen LogP contribution >= 0.6 is 0 Å². The molecule has 0 aromatic carbocycles. The van der Waals surface area contributed by atoms with E-state index in [1.165, 1.54) is 6.42 Å². The van der Waals surface area contributed by atoms with Crippen molar-refractivity contribution in [2.75, 3.05) is 39.9 Å². The lowest BCUT2D eigenvalue weighted by molar-refractivity contribution is -0.137. The van der Waals surface area contributed by atoms with E-state index in [1.54, 1.807) is 7.11 Å². The first-order valence-corrected chi connectivity index (χ1v) is 7.09. The monoisotopic (exact) mass is 267 g/mol. The summed E-state index contributed by atoms with van der Waals surface area (Å²) < 4.78 is 5.08. The van der Waals surface area contributed by atoms with E-state index in [0.29, 0.717) is 26.1 Å². The van der Waals surface area contributed by atoms with E-state index < -0.39 is 0 Å². The second kappa shape index (κ2) is 8.89. The third kappa shape index (κ3) is 5.17. The normalized spacial score (nSPS) is 17.3. The third-order valence-corrected chi connectivity index (χ3v) is 3.67. The number of nitrogens with zero attached hydrogens (tertiary/aromatic N) is 3. The van der Waals surface area contributed by atoms with E-state index in [9.17, 15) is 4.79 Å². The second-order valence-electron chi connectivity index (χ2n) is 5.00. The molecule has 0 aliphatic carbocycles. The van der Waals surface area contributed by atoms with Gasteiger partial charge in [-0.05, 0) is 26.2 Å². The Morgan fingerprint density at radius 1 is 1.37 bits per heavy atom. The fraction of sp³-hybridized carbons (Fsp3) is 0.857. The zero-order valence-corrected chi connectivity index (χ0v) is 12.1. The molecule has 5 nitrogen and oxygen atoms in total. The first-order chi connectivity index (χ1) is 9.20. The Hall–Kier alpha value is -1.12. The molecule has 1 aliphatic heterocycles. The minimum Gasteiger partial charge on any atom is -0.383 e. The molecule has 0 aromatic rings. The maximum atomic E-state index is 12.4. The highest BCUT2D eigenvalue weighted by Crippen LogP contribution is 2.12. The number of rotatable bonds is 7. The SMILES string of the molecule is COCCN(CCC#N)C(C)C(=O)N1CCCCC1. The van der Waals surface area contributed by atoms with Crippen LogP contribution in [0.15, 0.2) is 0 Å². The van der Waals surface area contributed by atoms with Crippen LogP contribution in [0.25, 0.3) is 0 Å². The number of hydrogen-bond donors (Lipinski definition) is 0. The Morgan fingerprint density at radius 2 is 2.05 bits per heavy atom. The van der Waals surface area contributed by atoms with Crippen molar-refractivity contribution < 1.29 is 9.53 Å². The summed E-state index contributed by atoms with van der Waals surface area (Å²) in [6.45, 7) is 5.59. The van der Waals surface area contributed by atoms with Gasteiger partial charge in [0.25, 0.3) is 0 Å². The standard InChI is InChI=1S/C14H25N3O2/c1-13(14(18)17-8-4-3-5-9-17)16(10-6-7-15)11-12-19-2/h13H,3-6,8-12H2,1-2H3. The molecule has 1 fully saturated rings. The molecular formula is C14H25N3O2. The van der Waals surface area contributed by atoms with Crippen LogP contribution in [0.4, 0.5) is 0 Å². The van der Waals surface area contributed by atoms with Gasteiger partial charge in [0, 0.05) is 39.7 Å². The van der Waals surface area contributed by atoms with E-state index in [1.807, 2.05) is 16.7 Å². The highest BCUT2D eigenvalue weighted by atomic mass is 16.5. The number of ether oxygens (including phenoxy) is 1. The number of likely N-dealkylation sites (tertiary alicyclic amines) is 1. The zero-order chi connectivity index (χ0) is 14.1. The summed E-state index contributed by atoms with van der Waals surface area (Å²) in [5.74, 6) is 0.189. The van der Waals surface area contributed by atoms with E-state index >= 15 is 0 Å². The van der Waals surface area contributed by atoms with Crippen LogP contribution < -0.4 is 0 Å². The minimum atomic E-state index is -0.165. The first kappa shape index (κ1) is 15.9. The molecule has 1 unspecified atom stereocenters. The molecule has 0 bridgehead atoms. The van der Waals surface area contributed by atoms with Gasteiger partial charge in [-0.15, -0.1) is 0 Å². The van der Waals surface area contributed by atoms with Crippen LogP contribution in [0.1, 0.15) is 32.6 Å². The molecule has 1 heterocycles. The number of carbonyl (C=O) groups is 1. The van der Waals surface area contributed by atoms with E-state index in [4.69, 9.17) is 10.00 Å². The zero-order valence-electron chi connectivity index (χ0n) is 12.1. The largest absolute Gasteiger partial charge is 0.383 e. The molecule has 0 radical (unpaired) electrons. The van der Waals surface area contributed by atoms with Crippen molar-refractivity contribution in [2.24, 2.45) is 0 Å².